The molecule has 0 saturated heterocycles. The van der Waals surface area contributed by atoms with Crippen LogP contribution in [0.4, 0.5) is 5.13 Å². The molecule has 2 aromatic carbocycles. The molecule has 0 spiro atoms. The van der Waals surface area contributed by atoms with E-state index < -0.39 is 0 Å². The summed E-state index contributed by atoms with van der Waals surface area (Å²) in [6.07, 6.45) is 3.87. The molecule has 0 radical (unpaired) electrons. The third kappa shape index (κ3) is 4.04. The van der Waals surface area contributed by atoms with Crippen LogP contribution in [0.3, 0.4) is 0 Å². The summed E-state index contributed by atoms with van der Waals surface area (Å²) in [4.78, 5) is 23.8. The number of aromatic nitrogens is 2. The number of carbonyl (C=O) groups excluding carboxylic acids is 1. The highest BCUT2D eigenvalue weighted by molar-refractivity contribution is 7.22. The van der Waals surface area contributed by atoms with E-state index >= 15 is 0 Å². The van der Waals surface area contributed by atoms with Crippen molar-refractivity contribution < 1.29 is 4.79 Å². The minimum Gasteiger partial charge on any atom is -0.283 e. The maximum absolute atomic E-state index is 13.2. The van der Waals surface area contributed by atoms with Gasteiger partial charge in [0.2, 0.25) is 5.91 Å². The number of nitrogens with zero attached hydrogens (tertiary/aromatic N) is 3. The minimum absolute atomic E-state index is 0.0294. The number of rotatable bonds is 5. The molecule has 27 heavy (non-hydrogen) atoms. The molecule has 0 N–H and O–H groups in total. The Morgan fingerprint density at radius 1 is 1.00 bits per heavy atom. The Morgan fingerprint density at radius 3 is 2.56 bits per heavy atom. The normalized spacial score (nSPS) is 10.9. The number of fused-ring (bicyclic) bond motifs is 1. The molecule has 0 saturated carbocycles. The van der Waals surface area contributed by atoms with Gasteiger partial charge in [-0.25, -0.2) is 4.98 Å². The highest BCUT2D eigenvalue weighted by Crippen LogP contribution is 2.30. The quantitative estimate of drug-likeness (QED) is 0.506. The number of carbonyl (C=O) groups is 1. The van der Waals surface area contributed by atoms with Crippen LogP contribution in [-0.4, -0.2) is 15.9 Å². The third-order valence-corrected chi connectivity index (χ3v) is 5.41. The first kappa shape index (κ1) is 17.4. The number of pyridine rings is 1. The fraction of sp³-hybridized carbons (Fsp3) is 0.136. The molecule has 134 valence electrons. The van der Waals surface area contributed by atoms with Crippen molar-refractivity contribution in [2.24, 2.45) is 0 Å². The van der Waals surface area contributed by atoms with Crippen LogP contribution in [0.15, 0.2) is 73.1 Å². The second kappa shape index (κ2) is 7.68. The molecule has 4 nitrogen and oxygen atoms in total. The lowest BCUT2D eigenvalue weighted by Gasteiger charge is -2.20. The van der Waals surface area contributed by atoms with E-state index in [0.29, 0.717) is 13.0 Å². The van der Waals surface area contributed by atoms with E-state index in [2.05, 4.69) is 9.97 Å². The lowest BCUT2D eigenvalue weighted by Crippen LogP contribution is -2.31. The molecule has 0 aliphatic carbocycles. The van der Waals surface area contributed by atoms with Crippen LogP contribution in [-0.2, 0) is 17.8 Å². The number of anilines is 1. The smallest absolute Gasteiger partial charge is 0.233 e. The zero-order valence-corrected chi connectivity index (χ0v) is 15.8. The van der Waals surface area contributed by atoms with Gasteiger partial charge in [0, 0.05) is 12.4 Å². The highest BCUT2D eigenvalue weighted by Gasteiger charge is 2.20. The molecule has 0 unspecified atom stereocenters. The summed E-state index contributed by atoms with van der Waals surface area (Å²) in [5.74, 6) is 0.0294. The van der Waals surface area contributed by atoms with Gasteiger partial charge in [0.25, 0.3) is 0 Å². The van der Waals surface area contributed by atoms with Gasteiger partial charge in [0.1, 0.15) is 0 Å². The zero-order valence-electron chi connectivity index (χ0n) is 15.0. The van der Waals surface area contributed by atoms with E-state index in [0.717, 1.165) is 26.5 Å². The van der Waals surface area contributed by atoms with Gasteiger partial charge in [-0.05, 0) is 36.2 Å². The van der Waals surface area contributed by atoms with Gasteiger partial charge in [0.05, 0.1) is 23.2 Å². The van der Waals surface area contributed by atoms with Crippen molar-refractivity contribution in [1.82, 2.24) is 9.97 Å². The molecular formula is C22H19N3OS. The van der Waals surface area contributed by atoms with Gasteiger partial charge in [-0.2, -0.15) is 0 Å². The minimum atomic E-state index is 0.0294. The molecule has 2 aromatic heterocycles. The highest BCUT2D eigenvalue weighted by atomic mass is 32.1. The van der Waals surface area contributed by atoms with Crippen LogP contribution in [0.5, 0.6) is 0 Å². The number of aryl methyl sites for hydroxylation is 1. The molecule has 4 aromatic rings. The number of hydrogen-bond acceptors (Lipinski definition) is 4. The number of hydrogen-bond donors (Lipinski definition) is 0. The molecule has 0 aliphatic heterocycles. The van der Waals surface area contributed by atoms with Crippen LogP contribution in [0, 0.1) is 6.92 Å². The van der Waals surface area contributed by atoms with Gasteiger partial charge in [-0.15, -0.1) is 0 Å². The van der Waals surface area contributed by atoms with Crippen molar-refractivity contribution in [3.63, 3.8) is 0 Å². The summed E-state index contributed by atoms with van der Waals surface area (Å²) in [5.41, 5.74) is 4.08. The Kier molecular flexibility index (Phi) is 4.94. The Morgan fingerprint density at radius 2 is 1.81 bits per heavy atom. The molecular weight excluding hydrogens is 354 g/mol. The molecule has 5 heteroatoms. The SMILES string of the molecule is Cc1ccc(CC(=O)N(Cc2cccnc2)c2nc3ccccc3s2)cc1. The molecule has 0 bridgehead atoms. The van der Waals surface area contributed by atoms with E-state index in [-0.39, 0.29) is 5.91 Å². The molecule has 0 fully saturated rings. The van der Waals surface area contributed by atoms with Gasteiger partial charge in [-0.1, -0.05) is 59.4 Å². The maximum atomic E-state index is 13.2. The zero-order chi connectivity index (χ0) is 18.6. The van der Waals surface area contributed by atoms with E-state index in [1.54, 1.807) is 17.3 Å². The van der Waals surface area contributed by atoms with Crippen molar-refractivity contribution in [2.45, 2.75) is 19.9 Å². The number of amides is 1. The second-order valence-corrected chi connectivity index (χ2v) is 7.48. The largest absolute Gasteiger partial charge is 0.283 e. The summed E-state index contributed by atoms with van der Waals surface area (Å²) in [6.45, 7) is 2.50. The lowest BCUT2D eigenvalue weighted by molar-refractivity contribution is -0.118. The van der Waals surface area contributed by atoms with Crippen LogP contribution in [0.2, 0.25) is 0 Å². The third-order valence-electron chi connectivity index (χ3n) is 4.35. The predicted molar refractivity (Wildman–Crippen MR) is 110 cm³/mol. The van der Waals surface area contributed by atoms with E-state index in [1.165, 1.54) is 16.9 Å². The predicted octanol–water partition coefficient (Wildman–Crippen LogP) is 4.78. The van der Waals surface area contributed by atoms with Crippen molar-refractivity contribution in [3.05, 3.63) is 89.7 Å². The van der Waals surface area contributed by atoms with Gasteiger partial charge < -0.3 is 0 Å². The van der Waals surface area contributed by atoms with Gasteiger partial charge in [0.15, 0.2) is 5.13 Å². The van der Waals surface area contributed by atoms with E-state index in [1.807, 2.05) is 67.6 Å². The van der Waals surface area contributed by atoms with Crippen molar-refractivity contribution in [1.29, 1.82) is 0 Å². The van der Waals surface area contributed by atoms with Crippen molar-refractivity contribution in [3.8, 4) is 0 Å². The van der Waals surface area contributed by atoms with Crippen LogP contribution < -0.4 is 4.90 Å². The molecule has 4 rings (SSSR count). The van der Waals surface area contributed by atoms with Crippen molar-refractivity contribution >= 4 is 32.6 Å². The van der Waals surface area contributed by atoms with E-state index in [9.17, 15) is 4.79 Å². The average Bonchev–Trinajstić information content (AvgIpc) is 3.12. The first-order chi connectivity index (χ1) is 13.2. The first-order valence-electron chi connectivity index (χ1n) is 8.79. The fourth-order valence-corrected chi connectivity index (χ4v) is 3.87. The van der Waals surface area contributed by atoms with Gasteiger partial charge in [-0.3, -0.25) is 14.7 Å². The van der Waals surface area contributed by atoms with E-state index in [4.69, 9.17) is 0 Å². The Bertz CT molecular complexity index is 1020. The monoisotopic (exact) mass is 373 g/mol. The Labute approximate surface area is 162 Å². The molecule has 0 atom stereocenters. The lowest BCUT2D eigenvalue weighted by atomic mass is 10.1. The number of benzene rings is 2. The Balaban J connectivity index is 1.66. The van der Waals surface area contributed by atoms with Gasteiger partial charge >= 0.3 is 0 Å². The maximum Gasteiger partial charge on any atom is 0.233 e. The van der Waals surface area contributed by atoms with Crippen LogP contribution in [0.1, 0.15) is 16.7 Å². The van der Waals surface area contributed by atoms with Crippen LogP contribution in [0.25, 0.3) is 10.2 Å². The Hall–Kier alpha value is -3.05. The van der Waals surface area contributed by atoms with Crippen LogP contribution >= 0.6 is 11.3 Å². The molecule has 1 amide bonds. The summed E-state index contributed by atoms with van der Waals surface area (Å²) >= 11 is 1.54. The molecule has 0 aliphatic rings. The topological polar surface area (TPSA) is 46.1 Å². The standard InChI is InChI=1S/C22H19N3OS/c1-16-8-10-17(11-9-16)13-21(26)25(15-18-5-4-12-23-14-18)22-24-19-6-2-3-7-20(19)27-22/h2-12,14H,13,15H2,1H3. The summed E-state index contributed by atoms with van der Waals surface area (Å²) in [6, 6.07) is 19.9. The van der Waals surface area contributed by atoms with Crippen molar-refractivity contribution in [2.75, 3.05) is 4.90 Å². The summed E-state index contributed by atoms with van der Waals surface area (Å²) in [7, 11) is 0. The average molecular weight is 373 g/mol. The summed E-state index contributed by atoms with van der Waals surface area (Å²) in [5, 5.41) is 0.720. The second-order valence-electron chi connectivity index (χ2n) is 6.47. The number of para-hydroxylation sites is 1. The summed E-state index contributed by atoms with van der Waals surface area (Å²) < 4.78 is 1.08. The number of thiazole rings is 1. The fourth-order valence-electron chi connectivity index (χ4n) is 2.89. The first-order valence-corrected chi connectivity index (χ1v) is 9.61. The molecule has 2 heterocycles.